The van der Waals surface area contributed by atoms with E-state index in [1.54, 1.807) is 12.1 Å². The van der Waals surface area contributed by atoms with Crippen molar-refractivity contribution in [3.05, 3.63) is 29.8 Å². The fourth-order valence-electron chi connectivity index (χ4n) is 2.29. The van der Waals surface area contributed by atoms with Crippen LogP contribution in [0.1, 0.15) is 12.0 Å². The Morgan fingerprint density at radius 1 is 1.24 bits per heavy atom. The van der Waals surface area contributed by atoms with E-state index in [1.165, 1.54) is 12.1 Å². The van der Waals surface area contributed by atoms with Crippen LogP contribution in [0.15, 0.2) is 29.2 Å². The van der Waals surface area contributed by atoms with E-state index in [-0.39, 0.29) is 28.9 Å². The predicted molar refractivity (Wildman–Crippen MR) is 82.8 cm³/mol. The highest BCUT2D eigenvalue weighted by Crippen LogP contribution is 2.18. The molecule has 1 fully saturated rings. The van der Waals surface area contributed by atoms with E-state index in [9.17, 15) is 16.8 Å². The predicted octanol–water partition coefficient (Wildman–Crippen LogP) is 1.18. The van der Waals surface area contributed by atoms with E-state index in [2.05, 4.69) is 4.72 Å². The molecule has 0 amide bonds. The number of sulfone groups is 1. The molecule has 0 bridgehead atoms. The second kappa shape index (κ2) is 6.64. The topological polar surface area (TPSA) is 80.3 Å². The molecule has 1 aromatic carbocycles. The average molecular weight is 352 g/mol. The highest BCUT2D eigenvalue weighted by atomic mass is 35.5. The van der Waals surface area contributed by atoms with Gasteiger partial charge < -0.3 is 0 Å². The third kappa shape index (κ3) is 4.67. The van der Waals surface area contributed by atoms with Crippen LogP contribution in [0.3, 0.4) is 0 Å². The van der Waals surface area contributed by atoms with Crippen molar-refractivity contribution in [2.45, 2.75) is 17.7 Å². The number of rotatable bonds is 6. The lowest BCUT2D eigenvalue weighted by atomic mass is 10.1. The van der Waals surface area contributed by atoms with E-state index in [4.69, 9.17) is 11.6 Å². The lowest BCUT2D eigenvalue weighted by Crippen LogP contribution is -2.30. The van der Waals surface area contributed by atoms with Gasteiger partial charge in [0.15, 0.2) is 9.84 Å². The van der Waals surface area contributed by atoms with E-state index in [0.29, 0.717) is 18.7 Å². The van der Waals surface area contributed by atoms with Crippen LogP contribution in [0.4, 0.5) is 0 Å². The Balaban J connectivity index is 1.98. The first-order chi connectivity index (χ1) is 9.82. The van der Waals surface area contributed by atoms with Gasteiger partial charge in [0.05, 0.1) is 16.4 Å². The molecular formula is C13H18ClNO4S2. The Bertz CT molecular complexity index is 683. The fourth-order valence-corrected chi connectivity index (χ4v) is 5.48. The molecule has 1 unspecified atom stereocenters. The van der Waals surface area contributed by atoms with Crippen LogP contribution in [0.25, 0.3) is 0 Å². The van der Waals surface area contributed by atoms with Crippen LogP contribution in [0.2, 0.25) is 0 Å². The first kappa shape index (κ1) is 16.7. The molecule has 0 aliphatic carbocycles. The van der Waals surface area contributed by atoms with Gasteiger partial charge in [-0.1, -0.05) is 12.1 Å². The molecular weight excluding hydrogens is 334 g/mol. The lowest BCUT2D eigenvalue weighted by Gasteiger charge is -2.10. The molecule has 2 rings (SSSR count). The molecule has 1 saturated heterocycles. The van der Waals surface area contributed by atoms with Crippen LogP contribution in [-0.2, 0) is 26.3 Å². The zero-order chi connectivity index (χ0) is 15.5. The van der Waals surface area contributed by atoms with Crippen molar-refractivity contribution in [2.24, 2.45) is 5.92 Å². The molecule has 1 aliphatic heterocycles. The summed E-state index contributed by atoms with van der Waals surface area (Å²) in [5.74, 6) is 0.553. The molecule has 8 heteroatoms. The van der Waals surface area contributed by atoms with Crippen molar-refractivity contribution in [3.63, 3.8) is 0 Å². The highest BCUT2D eigenvalue weighted by Gasteiger charge is 2.28. The third-order valence-electron chi connectivity index (χ3n) is 3.51. The smallest absolute Gasteiger partial charge is 0.229 e. The zero-order valence-electron chi connectivity index (χ0n) is 11.5. The molecule has 0 spiro atoms. The maximum atomic E-state index is 12.1. The van der Waals surface area contributed by atoms with Gasteiger partial charge in [0.25, 0.3) is 0 Å². The molecule has 0 saturated carbocycles. The quantitative estimate of drug-likeness (QED) is 0.780. The molecule has 1 N–H and O–H groups in total. The molecule has 1 aromatic rings. The molecule has 0 aromatic heterocycles. The number of sulfonamides is 1. The summed E-state index contributed by atoms with van der Waals surface area (Å²) in [5.41, 5.74) is 0.978. The van der Waals surface area contributed by atoms with Gasteiger partial charge in [-0.3, -0.25) is 0 Å². The number of halogens is 1. The van der Waals surface area contributed by atoms with Gasteiger partial charge in [-0.25, -0.2) is 21.6 Å². The number of hydrogen-bond acceptors (Lipinski definition) is 4. The minimum atomic E-state index is -3.59. The van der Waals surface area contributed by atoms with Gasteiger partial charge in [-0.05, 0) is 36.5 Å². The Kier molecular flexibility index (Phi) is 5.29. The first-order valence-electron chi connectivity index (χ1n) is 6.67. The number of aryl methyl sites for hydroxylation is 1. The van der Waals surface area contributed by atoms with Crippen molar-refractivity contribution in [3.8, 4) is 0 Å². The second-order valence-corrected chi connectivity index (χ2v) is 9.58. The second-order valence-electron chi connectivity index (χ2n) is 5.20. The molecule has 21 heavy (non-hydrogen) atoms. The van der Waals surface area contributed by atoms with Crippen molar-refractivity contribution in [1.82, 2.24) is 4.72 Å². The number of alkyl halides is 1. The average Bonchev–Trinajstić information content (AvgIpc) is 2.77. The molecule has 118 valence electrons. The van der Waals surface area contributed by atoms with E-state index in [1.807, 2.05) is 0 Å². The molecule has 1 aliphatic rings. The van der Waals surface area contributed by atoms with Crippen molar-refractivity contribution < 1.29 is 16.8 Å². The number of benzene rings is 1. The fraction of sp³-hybridized carbons (Fsp3) is 0.538. The number of nitrogens with one attached hydrogen (secondary N) is 1. The Morgan fingerprint density at radius 2 is 1.90 bits per heavy atom. The summed E-state index contributed by atoms with van der Waals surface area (Å²) >= 11 is 5.63. The van der Waals surface area contributed by atoms with Crippen molar-refractivity contribution in [2.75, 3.05) is 23.9 Å². The van der Waals surface area contributed by atoms with Crippen LogP contribution < -0.4 is 4.72 Å². The van der Waals surface area contributed by atoms with E-state index >= 15 is 0 Å². The van der Waals surface area contributed by atoms with Gasteiger partial charge in [-0.2, -0.15) is 0 Å². The zero-order valence-corrected chi connectivity index (χ0v) is 13.8. The summed E-state index contributed by atoms with van der Waals surface area (Å²) in [5, 5.41) is 0. The largest absolute Gasteiger partial charge is 0.240 e. The standard InChI is InChI=1S/C13H18ClNO4S2/c14-7-5-11-1-3-13(4-2-11)21(18,19)15-9-12-6-8-20(16,17)10-12/h1-4,12,15H,5-10H2. The summed E-state index contributed by atoms with van der Waals surface area (Å²) in [7, 11) is -6.58. The molecule has 1 heterocycles. The van der Waals surface area contributed by atoms with Crippen LogP contribution >= 0.6 is 11.6 Å². The molecule has 0 radical (unpaired) electrons. The van der Waals surface area contributed by atoms with E-state index < -0.39 is 19.9 Å². The number of hydrogen-bond donors (Lipinski definition) is 1. The van der Waals surface area contributed by atoms with E-state index in [0.717, 1.165) is 5.56 Å². The minimum absolute atomic E-state index is 0.0597. The van der Waals surface area contributed by atoms with Crippen LogP contribution in [0, 0.1) is 5.92 Å². The summed E-state index contributed by atoms with van der Waals surface area (Å²) in [6, 6.07) is 6.54. The highest BCUT2D eigenvalue weighted by molar-refractivity contribution is 7.91. The van der Waals surface area contributed by atoms with Gasteiger partial charge in [-0.15, -0.1) is 11.6 Å². The third-order valence-corrected chi connectivity index (χ3v) is 6.97. The maximum absolute atomic E-state index is 12.1. The van der Waals surface area contributed by atoms with Gasteiger partial charge in [0.1, 0.15) is 0 Å². The summed E-state index contributed by atoms with van der Waals surface area (Å²) in [6.45, 7) is 0.158. The maximum Gasteiger partial charge on any atom is 0.240 e. The minimum Gasteiger partial charge on any atom is -0.229 e. The normalized spacial score (nSPS) is 21.5. The molecule has 1 atom stereocenters. The summed E-state index contributed by atoms with van der Waals surface area (Å²) < 4.78 is 49.4. The van der Waals surface area contributed by atoms with Crippen molar-refractivity contribution in [1.29, 1.82) is 0 Å². The molecule has 5 nitrogen and oxygen atoms in total. The Morgan fingerprint density at radius 3 is 2.43 bits per heavy atom. The summed E-state index contributed by atoms with van der Waals surface area (Å²) in [4.78, 5) is 0.182. The van der Waals surface area contributed by atoms with Gasteiger partial charge in [0, 0.05) is 12.4 Å². The Labute approximate surface area is 130 Å². The van der Waals surface area contributed by atoms with Gasteiger partial charge in [0.2, 0.25) is 10.0 Å². The Hall–Kier alpha value is -0.630. The lowest BCUT2D eigenvalue weighted by molar-refractivity contribution is 0.543. The summed E-state index contributed by atoms with van der Waals surface area (Å²) in [6.07, 6.45) is 1.20. The first-order valence-corrected chi connectivity index (χ1v) is 10.5. The SMILES string of the molecule is O=S1(=O)CCC(CNS(=O)(=O)c2ccc(CCCl)cc2)C1. The van der Waals surface area contributed by atoms with Crippen LogP contribution in [0.5, 0.6) is 0 Å². The monoisotopic (exact) mass is 351 g/mol. The van der Waals surface area contributed by atoms with Crippen molar-refractivity contribution >= 4 is 31.5 Å². The van der Waals surface area contributed by atoms with Crippen LogP contribution in [-0.4, -0.2) is 40.8 Å². The van der Waals surface area contributed by atoms with Gasteiger partial charge >= 0.3 is 0 Å².